The van der Waals surface area contributed by atoms with E-state index in [1.54, 1.807) is 0 Å². The van der Waals surface area contributed by atoms with Crippen LogP contribution in [0.2, 0.25) is 13.1 Å². The lowest BCUT2D eigenvalue weighted by Gasteiger charge is -2.35. The molecular weight excluding hydrogens is 405 g/mol. The van der Waals surface area contributed by atoms with Gasteiger partial charge in [-0.3, -0.25) is 0 Å². The van der Waals surface area contributed by atoms with Crippen molar-refractivity contribution in [3.63, 3.8) is 0 Å². The van der Waals surface area contributed by atoms with Crippen LogP contribution in [0.5, 0.6) is 0 Å². The predicted octanol–water partition coefficient (Wildman–Crippen LogP) is 3.35. The van der Waals surface area contributed by atoms with E-state index in [9.17, 15) is 18.0 Å². The summed E-state index contributed by atoms with van der Waals surface area (Å²) in [5.41, 5.74) is -0.122. The van der Waals surface area contributed by atoms with Crippen molar-refractivity contribution < 1.29 is 23.1 Å². The van der Waals surface area contributed by atoms with E-state index in [1.165, 1.54) is 17.0 Å². The van der Waals surface area contributed by atoms with Gasteiger partial charge in [0.15, 0.2) is 0 Å². The number of hydrogen-bond donors (Lipinski definition) is 1. The summed E-state index contributed by atoms with van der Waals surface area (Å²) in [4.78, 5) is 14.8. The largest absolute Gasteiger partial charge is 0.465 e. The van der Waals surface area contributed by atoms with E-state index in [1.807, 2.05) is 24.1 Å². The first-order valence-electron chi connectivity index (χ1n) is 7.56. The van der Waals surface area contributed by atoms with E-state index in [2.05, 4.69) is 15.9 Å². The molecule has 0 spiro atoms. The Morgan fingerprint density at radius 2 is 1.79 bits per heavy atom. The summed E-state index contributed by atoms with van der Waals surface area (Å²) in [6, 6.07) is 4.25. The Hall–Kier alpha value is -1.22. The first-order chi connectivity index (χ1) is 11.0. The van der Waals surface area contributed by atoms with Crippen LogP contribution in [-0.4, -0.2) is 55.3 Å². The highest BCUT2D eigenvalue weighted by Crippen LogP contribution is 2.32. The average Bonchev–Trinajstić information content (AvgIpc) is 2.53. The minimum Gasteiger partial charge on any atom is -0.465 e. The van der Waals surface area contributed by atoms with Crippen LogP contribution in [0, 0.1) is 0 Å². The number of amides is 1. The zero-order valence-corrected chi connectivity index (χ0v) is 16.1. The van der Waals surface area contributed by atoms with Crippen LogP contribution in [0.4, 0.5) is 23.7 Å². The third-order valence-electron chi connectivity index (χ3n) is 4.28. The number of anilines is 1. The maximum Gasteiger partial charge on any atom is 0.416 e. The zero-order valence-electron chi connectivity index (χ0n) is 13.5. The van der Waals surface area contributed by atoms with Gasteiger partial charge in [0.1, 0.15) is 0 Å². The molecule has 2 rings (SSSR count). The van der Waals surface area contributed by atoms with Gasteiger partial charge in [0.25, 0.3) is 0 Å². The van der Waals surface area contributed by atoms with Crippen LogP contribution in [0.15, 0.2) is 18.2 Å². The Kier molecular flexibility index (Phi) is 5.53. The van der Waals surface area contributed by atoms with E-state index in [4.69, 9.17) is 5.11 Å². The molecule has 24 heavy (non-hydrogen) atoms. The Bertz CT molecular complexity index is 617. The fourth-order valence-electron chi connectivity index (χ4n) is 2.58. The maximum absolute atomic E-state index is 13.3. The molecule has 1 aliphatic heterocycles. The molecule has 1 N–H and O–H groups in total. The van der Waals surface area contributed by atoms with Crippen molar-refractivity contribution in [1.29, 1.82) is 0 Å². The molecule has 0 unspecified atom stereocenters. The van der Waals surface area contributed by atoms with E-state index in [0.717, 1.165) is 5.19 Å². The molecule has 1 aliphatic rings. The molecule has 0 aliphatic carbocycles. The van der Waals surface area contributed by atoms with Crippen molar-refractivity contribution in [3.8, 4) is 0 Å². The number of halogens is 4. The summed E-state index contributed by atoms with van der Waals surface area (Å²) < 4.78 is 39.8. The van der Waals surface area contributed by atoms with E-state index in [0.29, 0.717) is 36.8 Å². The fraction of sp³-hybridized carbons (Fsp3) is 0.533. The molecule has 0 radical (unpaired) electrons. The smallest absolute Gasteiger partial charge is 0.416 e. The lowest BCUT2D eigenvalue weighted by Crippen LogP contribution is -2.49. The first kappa shape index (κ1) is 19.1. The summed E-state index contributed by atoms with van der Waals surface area (Å²) in [5.74, 6) is 0. The summed E-state index contributed by atoms with van der Waals surface area (Å²) in [6.45, 7) is 5.40. The standard InChI is InChI=1S/C15H20BrF3N2O2Si/c1-24(2,10-16)13-8-11(15(17,18)19)7-12(9-13)20-3-5-21(6-4-20)14(22)23/h7-9H,3-6,10H2,1-2H3,(H,22,23). The number of carbonyl (C=O) groups is 1. The third-order valence-corrected chi connectivity index (χ3v) is 11.0. The average molecular weight is 425 g/mol. The number of hydrogen-bond acceptors (Lipinski definition) is 2. The first-order valence-corrected chi connectivity index (χ1v) is 11.9. The predicted molar refractivity (Wildman–Crippen MR) is 94.2 cm³/mol. The Morgan fingerprint density at radius 1 is 1.21 bits per heavy atom. The normalized spacial score (nSPS) is 16.4. The molecule has 0 saturated carbocycles. The second-order valence-electron chi connectivity index (χ2n) is 6.54. The highest BCUT2D eigenvalue weighted by molar-refractivity contribution is 9.09. The van der Waals surface area contributed by atoms with Gasteiger partial charge in [0.2, 0.25) is 0 Å². The number of alkyl halides is 4. The Labute approximate surface area is 148 Å². The molecule has 1 fully saturated rings. The molecular formula is C15H20BrF3N2O2Si. The monoisotopic (exact) mass is 424 g/mol. The fourth-order valence-corrected chi connectivity index (χ4v) is 4.79. The highest BCUT2D eigenvalue weighted by atomic mass is 79.9. The van der Waals surface area contributed by atoms with Crippen molar-refractivity contribution in [2.24, 2.45) is 0 Å². The number of carboxylic acid groups (broad SMARTS) is 1. The van der Waals surface area contributed by atoms with Crippen molar-refractivity contribution in [3.05, 3.63) is 23.8 Å². The third kappa shape index (κ3) is 4.24. The van der Waals surface area contributed by atoms with Gasteiger partial charge in [0, 0.05) is 36.8 Å². The summed E-state index contributed by atoms with van der Waals surface area (Å²) >= 11 is 3.42. The molecule has 1 saturated heterocycles. The topological polar surface area (TPSA) is 43.8 Å². The summed E-state index contributed by atoms with van der Waals surface area (Å²) in [6.07, 6.45) is -5.39. The van der Waals surface area contributed by atoms with Gasteiger partial charge in [0.05, 0.1) is 13.6 Å². The molecule has 0 atom stereocenters. The molecule has 1 aromatic carbocycles. The van der Waals surface area contributed by atoms with Crippen molar-refractivity contribution >= 4 is 41.0 Å². The van der Waals surface area contributed by atoms with Gasteiger partial charge in [-0.15, -0.1) is 0 Å². The Morgan fingerprint density at radius 3 is 2.25 bits per heavy atom. The van der Waals surface area contributed by atoms with Crippen LogP contribution in [0.25, 0.3) is 0 Å². The van der Waals surface area contributed by atoms with E-state index in [-0.39, 0.29) is 0 Å². The summed E-state index contributed by atoms with van der Waals surface area (Å²) in [5, 5.41) is 9.73. The molecule has 1 aromatic rings. The van der Waals surface area contributed by atoms with Crippen molar-refractivity contribution in [2.45, 2.75) is 19.3 Å². The number of piperazine rings is 1. The van der Waals surface area contributed by atoms with Gasteiger partial charge in [-0.05, 0) is 12.1 Å². The minimum atomic E-state index is -4.40. The summed E-state index contributed by atoms with van der Waals surface area (Å²) in [7, 11) is -2.00. The molecule has 9 heteroatoms. The van der Waals surface area contributed by atoms with Crippen LogP contribution in [-0.2, 0) is 6.18 Å². The lowest BCUT2D eigenvalue weighted by molar-refractivity contribution is -0.137. The molecule has 134 valence electrons. The van der Waals surface area contributed by atoms with Crippen molar-refractivity contribution in [1.82, 2.24) is 4.90 Å². The van der Waals surface area contributed by atoms with Gasteiger partial charge in [-0.1, -0.05) is 40.3 Å². The lowest BCUT2D eigenvalue weighted by atomic mass is 10.1. The van der Waals surface area contributed by atoms with E-state index < -0.39 is 25.9 Å². The second kappa shape index (κ2) is 6.95. The molecule has 1 amide bonds. The zero-order chi connectivity index (χ0) is 18.1. The molecule has 0 bridgehead atoms. The molecule has 0 aromatic heterocycles. The van der Waals surface area contributed by atoms with Gasteiger partial charge in [-0.25, -0.2) is 4.79 Å². The van der Waals surface area contributed by atoms with Crippen LogP contribution in [0.1, 0.15) is 5.56 Å². The highest BCUT2D eigenvalue weighted by Gasteiger charge is 2.34. The SMILES string of the molecule is C[Si](C)(CBr)c1cc(N2CCN(C(=O)O)CC2)cc(C(F)(F)F)c1. The number of rotatable bonds is 3. The molecule has 1 heterocycles. The van der Waals surface area contributed by atoms with Crippen LogP contribution in [0.3, 0.4) is 0 Å². The quantitative estimate of drug-likeness (QED) is 0.597. The van der Waals surface area contributed by atoms with Crippen LogP contribution < -0.4 is 10.1 Å². The van der Waals surface area contributed by atoms with Gasteiger partial charge >= 0.3 is 12.3 Å². The Balaban J connectivity index is 2.36. The number of nitrogens with zero attached hydrogens (tertiary/aromatic N) is 2. The minimum absolute atomic E-state index is 0.292. The van der Waals surface area contributed by atoms with Crippen molar-refractivity contribution in [2.75, 3.05) is 36.0 Å². The van der Waals surface area contributed by atoms with Crippen LogP contribution >= 0.6 is 15.9 Å². The second-order valence-corrected chi connectivity index (χ2v) is 12.8. The van der Waals surface area contributed by atoms with Gasteiger partial charge < -0.3 is 14.9 Å². The molecule has 4 nitrogen and oxygen atoms in total. The maximum atomic E-state index is 13.3. The van der Waals surface area contributed by atoms with Gasteiger partial charge in [-0.2, -0.15) is 13.2 Å². The van der Waals surface area contributed by atoms with E-state index >= 15 is 0 Å². The number of benzene rings is 1.